The van der Waals surface area contributed by atoms with Gasteiger partial charge in [0.2, 0.25) is 5.91 Å². The number of carbonyl (C=O) groups is 1. The van der Waals surface area contributed by atoms with E-state index in [1.165, 1.54) is 0 Å². The van der Waals surface area contributed by atoms with Crippen LogP contribution in [0.3, 0.4) is 0 Å². The first-order valence-corrected chi connectivity index (χ1v) is 2.61. The maximum Gasteiger partial charge on any atom is 0.226 e. The zero-order valence-corrected chi connectivity index (χ0v) is 5.72. The van der Waals surface area contributed by atoms with E-state index in [0.29, 0.717) is 0 Å². The Balaban J connectivity index is 3.79. The lowest BCUT2D eigenvalue weighted by atomic mass is 10.2. The molecule has 0 aliphatic heterocycles. The van der Waals surface area contributed by atoms with Crippen LogP contribution in [0.5, 0.6) is 0 Å². The third kappa shape index (κ3) is 2.58. The fourth-order valence-electron chi connectivity index (χ4n) is 0. The van der Waals surface area contributed by atoms with Gasteiger partial charge in [-0.1, -0.05) is 0 Å². The van der Waals surface area contributed by atoms with Crippen molar-refractivity contribution < 1.29 is 4.79 Å². The van der Waals surface area contributed by atoms with Crippen molar-refractivity contribution >= 4 is 15.1 Å². The normalized spacial score (nSPS) is 11.3. The van der Waals surface area contributed by atoms with E-state index in [9.17, 15) is 4.79 Å². The van der Waals surface area contributed by atoms with Crippen LogP contribution >= 0.6 is 9.24 Å². The molecule has 3 heteroatoms. The number of amides is 1. The molecule has 0 spiro atoms. The van der Waals surface area contributed by atoms with E-state index < -0.39 is 5.16 Å². The molecule has 0 aromatic carbocycles. The fourth-order valence-corrected chi connectivity index (χ4v) is 0. The van der Waals surface area contributed by atoms with Crippen LogP contribution in [0.25, 0.3) is 0 Å². The lowest BCUT2D eigenvalue weighted by Crippen LogP contribution is -2.31. The molecule has 1 amide bonds. The minimum atomic E-state index is -0.444. The van der Waals surface area contributed by atoms with Crippen LogP contribution < -0.4 is 5.73 Å². The average Bonchev–Trinajstić information content (AvgIpc) is 1.31. The Kier molecular flexibility index (Phi) is 1.76. The van der Waals surface area contributed by atoms with Crippen molar-refractivity contribution in [3.05, 3.63) is 0 Å². The van der Waals surface area contributed by atoms with E-state index in [0.717, 1.165) is 0 Å². The van der Waals surface area contributed by atoms with Crippen LogP contribution in [-0.2, 0) is 4.79 Å². The summed E-state index contributed by atoms with van der Waals surface area (Å²) >= 11 is 0. The van der Waals surface area contributed by atoms with Gasteiger partial charge in [-0.15, -0.1) is 9.24 Å². The summed E-state index contributed by atoms with van der Waals surface area (Å²) in [5.74, 6) is -0.294. The van der Waals surface area contributed by atoms with Crippen LogP contribution in [0.15, 0.2) is 0 Å². The fraction of sp³-hybridized carbons (Fsp3) is 0.750. The van der Waals surface area contributed by atoms with Gasteiger partial charge in [-0.05, 0) is 13.8 Å². The third-order valence-electron chi connectivity index (χ3n) is 0.635. The number of primary amides is 1. The van der Waals surface area contributed by atoms with E-state index in [2.05, 4.69) is 9.24 Å². The van der Waals surface area contributed by atoms with E-state index in [-0.39, 0.29) is 5.91 Å². The molecule has 0 fully saturated rings. The molecule has 1 unspecified atom stereocenters. The number of carbonyl (C=O) groups excluding carboxylic acids is 1. The summed E-state index contributed by atoms with van der Waals surface area (Å²) in [5, 5.41) is -0.444. The number of rotatable bonds is 1. The first-order valence-electron chi connectivity index (χ1n) is 2.03. The Labute approximate surface area is 45.7 Å². The molecule has 0 saturated carbocycles. The summed E-state index contributed by atoms with van der Waals surface area (Å²) in [6.45, 7) is 3.50. The van der Waals surface area contributed by atoms with Gasteiger partial charge in [0.05, 0.1) is 5.16 Å². The molecule has 0 aromatic rings. The van der Waals surface area contributed by atoms with Crippen molar-refractivity contribution in [1.29, 1.82) is 0 Å². The summed E-state index contributed by atoms with van der Waals surface area (Å²) < 4.78 is 0. The van der Waals surface area contributed by atoms with Gasteiger partial charge < -0.3 is 5.73 Å². The highest BCUT2D eigenvalue weighted by Crippen LogP contribution is 2.13. The van der Waals surface area contributed by atoms with Crippen molar-refractivity contribution in [2.75, 3.05) is 0 Å². The smallest absolute Gasteiger partial charge is 0.226 e. The van der Waals surface area contributed by atoms with Gasteiger partial charge >= 0.3 is 0 Å². The Morgan fingerprint density at radius 3 is 1.86 bits per heavy atom. The molecule has 42 valence electrons. The molecule has 0 aliphatic carbocycles. The molecule has 1 atom stereocenters. The van der Waals surface area contributed by atoms with Crippen LogP contribution in [0.1, 0.15) is 13.8 Å². The van der Waals surface area contributed by atoms with Crippen molar-refractivity contribution in [2.45, 2.75) is 19.0 Å². The van der Waals surface area contributed by atoms with Crippen LogP contribution in [0.2, 0.25) is 0 Å². The van der Waals surface area contributed by atoms with Gasteiger partial charge in [0.15, 0.2) is 0 Å². The Morgan fingerprint density at radius 1 is 1.71 bits per heavy atom. The van der Waals surface area contributed by atoms with Crippen LogP contribution in [0.4, 0.5) is 0 Å². The largest absolute Gasteiger partial charge is 0.369 e. The standard InChI is InChI=1S/C4H10NOP/c1-4(2,7)3(5)6/h7H2,1-2H3,(H2,5,6). The average molecular weight is 119 g/mol. The second kappa shape index (κ2) is 1.79. The van der Waals surface area contributed by atoms with Gasteiger partial charge in [0, 0.05) is 0 Å². The predicted molar refractivity (Wildman–Crippen MR) is 33.0 cm³/mol. The van der Waals surface area contributed by atoms with Gasteiger partial charge in [-0.2, -0.15) is 0 Å². The zero-order chi connectivity index (χ0) is 6.08. The van der Waals surface area contributed by atoms with Crippen LogP contribution in [0, 0.1) is 0 Å². The number of nitrogens with two attached hydrogens (primary N) is 1. The lowest BCUT2D eigenvalue weighted by Gasteiger charge is -2.10. The van der Waals surface area contributed by atoms with Gasteiger partial charge in [0.25, 0.3) is 0 Å². The topological polar surface area (TPSA) is 43.1 Å². The second-order valence-electron chi connectivity index (χ2n) is 2.09. The molecule has 0 heterocycles. The lowest BCUT2D eigenvalue weighted by molar-refractivity contribution is -0.119. The molecular formula is C4H10NOP. The Bertz CT molecular complexity index is 84.2. The first-order chi connectivity index (χ1) is 2.94. The van der Waals surface area contributed by atoms with Crippen molar-refractivity contribution in [3.63, 3.8) is 0 Å². The van der Waals surface area contributed by atoms with E-state index in [1.54, 1.807) is 13.8 Å². The summed E-state index contributed by atoms with van der Waals surface area (Å²) in [4.78, 5) is 10.2. The molecule has 2 nitrogen and oxygen atoms in total. The molecule has 2 N–H and O–H groups in total. The molecular weight excluding hydrogens is 109 g/mol. The van der Waals surface area contributed by atoms with Gasteiger partial charge in [-0.3, -0.25) is 4.79 Å². The maximum atomic E-state index is 10.2. The SMILES string of the molecule is CC(C)(P)C(N)=O. The minimum absolute atomic E-state index is 0.294. The minimum Gasteiger partial charge on any atom is -0.369 e. The second-order valence-corrected chi connectivity index (χ2v) is 3.53. The quantitative estimate of drug-likeness (QED) is 0.489. The van der Waals surface area contributed by atoms with Gasteiger partial charge in [0.1, 0.15) is 0 Å². The third-order valence-corrected chi connectivity index (χ3v) is 0.920. The Morgan fingerprint density at radius 2 is 1.86 bits per heavy atom. The first kappa shape index (κ1) is 6.90. The highest BCUT2D eigenvalue weighted by molar-refractivity contribution is 7.20. The van der Waals surface area contributed by atoms with E-state index in [4.69, 9.17) is 5.73 Å². The highest BCUT2D eigenvalue weighted by Gasteiger charge is 2.16. The van der Waals surface area contributed by atoms with Crippen LogP contribution in [-0.4, -0.2) is 11.1 Å². The number of hydrogen-bond donors (Lipinski definition) is 1. The zero-order valence-electron chi connectivity index (χ0n) is 4.56. The summed E-state index contributed by atoms with van der Waals surface area (Å²) in [5.41, 5.74) is 4.91. The predicted octanol–water partition coefficient (Wildman–Crippen LogP) is 0.125. The van der Waals surface area contributed by atoms with Crippen molar-refractivity contribution in [3.8, 4) is 0 Å². The maximum absolute atomic E-state index is 10.2. The summed E-state index contributed by atoms with van der Waals surface area (Å²) in [6.07, 6.45) is 0. The van der Waals surface area contributed by atoms with Crippen molar-refractivity contribution in [2.24, 2.45) is 5.73 Å². The Hall–Kier alpha value is -0.100. The highest BCUT2D eigenvalue weighted by atomic mass is 31.0. The molecule has 0 rings (SSSR count). The molecule has 7 heavy (non-hydrogen) atoms. The summed E-state index contributed by atoms with van der Waals surface area (Å²) in [7, 11) is 2.36. The summed E-state index contributed by atoms with van der Waals surface area (Å²) in [6, 6.07) is 0. The molecule has 0 aliphatic rings. The van der Waals surface area contributed by atoms with Crippen molar-refractivity contribution in [1.82, 2.24) is 0 Å². The molecule has 0 radical (unpaired) electrons. The molecule has 0 bridgehead atoms. The van der Waals surface area contributed by atoms with Gasteiger partial charge in [-0.25, -0.2) is 0 Å². The number of hydrogen-bond acceptors (Lipinski definition) is 1. The molecule has 0 saturated heterocycles. The molecule has 0 aromatic heterocycles. The monoisotopic (exact) mass is 119 g/mol. The van der Waals surface area contributed by atoms with E-state index >= 15 is 0 Å². The van der Waals surface area contributed by atoms with E-state index in [1.807, 2.05) is 0 Å².